The number of hydrogen-bond donors (Lipinski definition) is 1. The third kappa shape index (κ3) is 4.49. The van der Waals surface area contributed by atoms with Crippen LogP contribution in [-0.2, 0) is 16.0 Å². The molecule has 4 atom stereocenters. The van der Waals surface area contributed by atoms with E-state index in [1.807, 2.05) is 23.0 Å². The van der Waals surface area contributed by atoms with E-state index in [9.17, 15) is 9.90 Å². The van der Waals surface area contributed by atoms with Crippen molar-refractivity contribution in [1.82, 2.24) is 15.0 Å². The van der Waals surface area contributed by atoms with E-state index in [0.29, 0.717) is 11.5 Å². The highest BCUT2D eigenvalue weighted by molar-refractivity contribution is 5.79. The average Bonchev–Trinajstić information content (AvgIpc) is 3.71. The summed E-state index contributed by atoms with van der Waals surface area (Å²) in [5.41, 5.74) is 3.58. The minimum atomic E-state index is -0.501. The number of methoxy groups -OCH3 is 2. The molecule has 0 saturated carbocycles. The van der Waals surface area contributed by atoms with E-state index in [4.69, 9.17) is 23.7 Å². The van der Waals surface area contributed by atoms with Crippen molar-refractivity contribution in [2.24, 2.45) is 11.8 Å². The van der Waals surface area contributed by atoms with E-state index in [1.165, 1.54) is 39.9 Å². The normalized spacial score (nSPS) is 22.5. The molecule has 6 rings (SSSR count). The van der Waals surface area contributed by atoms with Gasteiger partial charge in [-0.2, -0.15) is 0 Å². The molecule has 1 aliphatic carbocycles. The van der Waals surface area contributed by atoms with Crippen molar-refractivity contribution in [2.45, 2.75) is 57.4 Å². The highest BCUT2D eigenvalue weighted by Crippen LogP contribution is 2.56. The van der Waals surface area contributed by atoms with Crippen molar-refractivity contribution in [1.29, 1.82) is 0 Å². The fraction of sp³-hybridized carbons (Fsp3) is 0.500. The average molecular weight is 550 g/mol. The maximum atomic E-state index is 13.4. The first-order valence-electron chi connectivity index (χ1n) is 14.0. The van der Waals surface area contributed by atoms with Crippen LogP contribution in [0.15, 0.2) is 30.5 Å². The molecule has 0 bridgehead atoms. The summed E-state index contributed by atoms with van der Waals surface area (Å²) in [5, 5.41) is 19.6. The molecule has 2 aromatic carbocycles. The number of nitrogens with zero attached hydrogens (tertiary/aromatic N) is 3. The monoisotopic (exact) mass is 549 g/mol. The number of phenolic OH excluding ortho intramolecular Hbond substituents is 1. The van der Waals surface area contributed by atoms with Gasteiger partial charge in [0.05, 0.1) is 38.5 Å². The second-order valence-electron chi connectivity index (χ2n) is 10.7. The van der Waals surface area contributed by atoms with Crippen LogP contribution in [0.1, 0.15) is 73.4 Å². The number of cyclic esters (lactones) is 1. The second kappa shape index (κ2) is 10.9. The van der Waals surface area contributed by atoms with Crippen LogP contribution < -0.4 is 18.9 Å². The summed E-state index contributed by atoms with van der Waals surface area (Å²) < 4.78 is 30.0. The number of rotatable bonds is 10. The number of aromatic hydroxyl groups is 1. The van der Waals surface area contributed by atoms with Crippen LogP contribution in [0.3, 0.4) is 0 Å². The first-order chi connectivity index (χ1) is 19.5. The van der Waals surface area contributed by atoms with Crippen molar-refractivity contribution in [3.05, 3.63) is 52.8 Å². The zero-order chi connectivity index (χ0) is 27.8. The topological polar surface area (TPSA) is 114 Å². The lowest BCUT2D eigenvalue weighted by atomic mass is 9.65. The molecule has 0 spiro atoms. The van der Waals surface area contributed by atoms with E-state index < -0.39 is 11.8 Å². The summed E-state index contributed by atoms with van der Waals surface area (Å²) in [7, 11) is 2.97. The van der Waals surface area contributed by atoms with Crippen LogP contribution in [-0.4, -0.2) is 53.7 Å². The van der Waals surface area contributed by atoms with Crippen molar-refractivity contribution in [3.8, 4) is 28.7 Å². The number of carbonyl (C=O) groups excluding carboxylic acids is 1. The molecule has 1 saturated heterocycles. The molecular weight excluding hydrogens is 514 g/mol. The lowest BCUT2D eigenvalue weighted by molar-refractivity contribution is -0.141. The van der Waals surface area contributed by atoms with Crippen LogP contribution >= 0.6 is 0 Å². The number of aromatic nitrogens is 3. The zero-order valence-corrected chi connectivity index (χ0v) is 23.1. The number of carbonyl (C=O) groups is 1. The Morgan fingerprint density at radius 1 is 0.975 bits per heavy atom. The summed E-state index contributed by atoms with van der Waals surface area (Å²) in [6.07, 6.45) is 8.80. The summed E-state index contributed by atoms with van der Waals surface area (Å²) in [4.78, 5) is 13.4. The Kier molecular flexibility index (Phi) is 7.16. The third-order valence-corrected chi connectivity index (χ3v) is 8.39. The van der Waals surface area contributed by atoms with E-state index in [0.717, 1.165) is 35.2 Å². The first kappa shape index (κ1) is 26.3. The SMILES string of the molecule is CCCCCCCc1cn([C@@H]2c3cc4c(cc3[C@@H](c3cc(OC)c(O)c(OC)c3)[C@H]3C(=O)OC[C@@H]32)OCO4)nn1. The fourth-order valence-electron chi connectivity index (χ4n) is 6.44. The molecule has 3 heterocycles. The Morgan fingerprint density at radius 2 is 1.68 bits per heavy atom. The predicted molar refractivity (Wildman–Crippen MR) is 144 cm³/mol. The number of unbranched alkanes of at least 4 members (excludes halogenated alkanes) is 4. The lowest BCUT2D eigenvalue weighted by Crippen LogP contribution is -2.37. The van der Waals surface area contributed by atoms with Gasteiger partial charge in [-0.1, -0.05) is 37.8 Å². The molecule has 10 nitrogen and oxygen atoms in total. The molecule has 1 aromatic heterocycles. The van der Waals surface area contributed by atoms with Gasteiger partial charge in [-0.15, -0.1) is 5.10 Å². The Bertz CT molecular complexity index is 1380. The number of fused-ring (bicyclic) bond motifs is 3. The Hall–Kier alpha value is -3.95. The molecule has 40 heavy (non-hydrogen) atoms. The van der Waals surface area contributed by atoms with Gasteiger partial charge in [-0.3, -0.25) is 4.79 Å². The van der Waals surface area contributed by atoms with E-state index >= 15 is 0 Å². The summed E-state index contributed by atoms with van der Waals surface area (Å²) >= 11 is 0. The van der Waals surface area contributed by atoms with Gasteiger partial charge in [0.1, 0.15) is 0 Å². The Balaban J connectivity index is 1.44. The standard InChI is InChI=1S/C30H35N3O7/c1-4-5-6-7-8-9-18-14-33(32-31-18)28-20-13-23-22(39-16-40-23)12-19(20)26(27-21(28)15-38-30(27)35)17-10-24(36-2)29(34)25(11-17)37-3/h10-14,21,26-28,34H,4-9,15-16H2,1-3H3/t21-,26+,27-,28+/m0/s1. The summed E-state index contributed by atoms with van der Waals surface area (Å²) in [6.45, 7) is 2.61. The zero-order valence-electron chi connectivity index (χ0n) is 23.1. The van der Waals surface area contributed by atoms with Crippen molar-refractivity contribution in [2.75, 3.05) is 27.6 Å². The Morgan fingerprint density at radius 3 is 2.38 bits per heavy atom. The maximum Gasteiger partial charge on any atom is 0.310 e. The van der Waals surface area contributed by atoms with Gasteiger partial charge in [-0.05, 0) is 53.8 Å². The molecule has 212 valence electrons. The molecule has 1 N–H and O–H groups in total. The van der Waals surface area contributed by atoms with E-state index in [1.54, 1.807) is 12.1 Å². The molecule has 3 aliphatic rings. The van der Waals surface area contributed by atoms with Gasteiger partial charge in [-0.25, -0.2) is 4.68 Å². The van der Waals surface area contributed by atoms with Crippen molar-refractivity contribution in [3.63, 3.8) is 0 Å². The highest BCUT2D eigenvalue weighted by Gasteiger charge is 2.53. The number of ether oxygens (including phenoxy) is 5. The fourth-order valence-corrected chi connectivity index (χ4v) is 6.44. The molecule has 0 radical (unpaired) electrons. The van der Waals surface area contributed by atoms with Gasteiger partial charge in [0.15, 0.2) is 23.0 Å². The number of esters is 1. The minimum absolute atomic E-state index is 0.0938. The second-order valence-corrected chi connectivity index (χ2v) is 10.7. The van der Waals surface area contributed by atoms with E-state index in [-0.39, 0.29) is 48.6 Å². The quantitative estimate of drug-likeness (QED) is 0.282. The Labute approximate surface area is 233 Å². The van der Waals surface area contributed by atoms with Gasteiger partial charge in [0.2, 0.25) is 12.5 Å². The minimum Gasteiger partial charge on any atom is -0.502 e. The third-order valence-electron chi connectivity index (χ3n) is 8.39. The molecule has 2 aliphatic heterocycles. The largest absolute Gasteiger partial charge is 0.502 e. The van der Waals surface area contributed by atoms with Crippen LogP contribution in [0.2, 0.25) is 0 Å². The van der Waals surface area contributed by atoms with Crippen LogP contribution in [0.5, 0.6) is 28.7 Å². The summed E-state index contributed by atoms with van der Waals surface area (Å²) in [5.74, 6) is 0.344. The van der Waals surface area contributed by atoms with Gasteiger partial charge < -0.3 is 28.8 Å². The first-order valence-corrected chi connectivity index (χ1v) is 14.0. The number of benzene rings is 2. The summed E-state index contributed by atoms with van der Waals surface area (Å²) in [6, 6.07) is 7.18. The molecule has 1 fully saturated rings. The molecular formula is C30H35N3O7. The number of aryl methyl sites for hydroxylation is 1. The smallest absolute Gasteiger partial charge is 0.310 e. The van der Waals surface area contributed by atoms with Crippen LogP contribution in [0, 0.1) is 11.8 Å². The number of phenols is 1. The lowest BCUT2D eigenvalue weighted by Gasteiger charge is -2.39. The van der Waals surface area contributed by atoms with Crippen LogP contribution in [0.4, 0.5) is 0 Å². The molecule has 3 aromatic rings. The molecule has 0 amide bonds. The van der Waals surface area contributed by atoms with E-state index in [2.05, 4.69) is 17.2 Å². The highest BCUT2D eigenvalue weighted by atomic mass is 16.7. The van der Waals surface area contributed by atoms with Crippen LogP contribution in [0.25, 0.3) is 0 Å². The predicted octanol–water partition coefficient (Wildman–Crippen LogP) is 4.77. The van der Waals surface area contributed by atoms with Gasteiger partial charge in [0, 0.05) is 18.0 Å². The number of hydrogen-bond acceptors (Lipinski definition) is 9. The van der Waals surface area contributed by atoms with Gasteiger partial charge in [0.25, 0.3) is 0 Å². The van der Waals surface area contributed by atoms with Gasteiger partial charge >= 0.3 is 5.97 Å². The molecule has 10 heteroatoms. The van der Waals surface area contributed by atoms with Crippen molar-refractivity contribution >= 4 is 5.97 Å². The molecule has 0 unspecified atom stereocenters. The maximum absolute atomic E-state index is 13.4. The van der Waals surface area contributed by atoms with Crippen molar-refractivity contribution < 1.29 is 33.6 Å².